The van der Waals surface area contributed by atoms with Gasteiger partial charge in [-0.15, -0.1) is 6.42 Å². The molecule has 7 heteroatoms. The third kappa shape index (κ3) is 4.67. The average Bonchev–Trinajstić information content (AvgIpc) is 3.00. The first-order chi connectivity index (χ1) is 11.5. The molecule has 0 aliphatic rings. The van der Waals surface area contributed by atoms with Gasteiger partial charge in [-0.2, -0.15) is 5.10 Å². The molecule has 1 heterocycles. The van der Waals surface area contributed by atoms with E-state index in [4.69, 9.17) is 22.8 Å². The van der Waals surface area contributed by atoms with Gasteiger partial charge in [-0.25, -0.2) is 4.79 Å². The second-order valence-corrected chi connectivity index (χ2v) is 5.66. The van der Waals surface area contributed by atoms with Crippen LogP contribution in [-0.4, -0.2) is 34.9 Å². The molecule has 2 amide bonds. The van der Waals surface area contributed by atoms with Gasteiger partial charge in [-0.1, -0.05) is 17.5 Å². The van der Waals surface area contributed by atoms with Crippen LogP contribution in [0.5, 0.6) is 5.75 Å². The number of urea groups is 1. The van der Waals surface area contributed by atoms with Crippen LogP contribution in [-0.2, 0) is 19.6 Å². The molecule has 0 radical (unpaired) electrons. The number of amides is 2. The number of terminal acetylenes is 1. The second-order valence-electron chi connectivity index (χ2n) is 5.22. The summed E-state index contributed by atoms with van der Waals surface area (Å²) in [4.78, 5) is 13.8. The molecular formula is C17H19ClN4O2. The zero-order valence-electron chi connectivity index (χ0n) is 13.6. The number of methoxy groups -OCH3 is 1. The van der Waals surface area contributed by atoms with Gasteiger partial charge in [0.15, 0.2) is 0 Å². The maximum absolute atomic E-state index is 12.2. The molecule has 0 saturated carbocycles. The van der Waals surface area contributed by atoms with Crippen LogP contribution >= 0.6 is 11.6 Å². The Morgan fingerprint density at radius 1 is 1.54 bits per heavy atom. The summed E-state index contributed by atoms with van der Waals surface area (Å²) in [6, 6.07) is 5.07. The molecule has 0 unspecified atom stereocenters. The monoisotopic (exact) mass is 346 g/mol. The summed E-state index contributed by atoms with van der Waals surface area (Å²) in [6.07, 6.45) is 8.76. The summed E-state index contributed by atoms with van der Waals surface area (Å²) in [5.41, 5.74) is 1.72. The van der Waals surface area contributed by atoms with Crippen molar-refractivity contribution in [1.29, 1.82) is 0 Å². The van der Waals surface area contributed by atoms with Gasteiger partial charge < -0.3 is 15.0 Å². The Labute approximate surface area is 146 Å². The molecule has 6 nitrogen and oxygen atoms in total. The maximum Gasteiger partial charge on any atom is 0.317 e. The Kier molecular flexibility index (Phi) is 6.10. The Bertz CT molecular complexity index is 751. The second kappa shape index (κ2) is 8.27. The quantitative estimate of drug-likeness (QED) is 0.818. The summed E-state index contributed by atoms with van der Waals surface area (Å²) >= 11 is 5.99. The van der Waals surface area contributed by atoms with Crippen LogP contribution in [0.3, 0.4) is 0 Å². The molecule has 1 N–H and O–H groups in total. The van der Waals surface area contributed by atoms with Gasteiger partial charge >= 0.3 is 6.03 Å². The molecule has 0 aliphatic heterocycles. The molecule has 1 aromatic heterocycles. The number of carbonyl (C=O) groups is 1. The Morgan fingerprint density at radius 3 is 3.04 bits per heavy atom. The fourth-order valence-electron chi connectivity index (χ4n) is 2.20. The minimum absolute atomic E-state index is 0.207. The van der Waals surface area contributed by atoms with Crippen LogP contribution < -0.4 is 10.1 Å². The maximum atomic E-state index is 12.2. The molecule has 0 fully saturated rings. The van der Waals surface area contributed by atoms with Crippen LogP contribution in [0, 0.1) is 12.3 Å². The zero-order chi connectivity index (χ0) is 17.5. The smallest absolute Gasteiger partial charge is 0.317 e. The number of nitrogens with one attached hydrogen (secondary N) is 1. The van der Waals surface area contributed by atoms with Crippen molar-refractivity contribution in [3.05, 3.63) is 46.7 Å². The number of hydrogen-bond donors (Lipinski definition) is 1. The molecule has 0 bridgehead atoms. The molecular weight excluding hydrogens is 328 g/mol. The molecule has 0 spiro atoms. The van der Waals surface area contributed by atoms with E-state index in [0.717, 1.165) is 11.1 Å². The summed E-state index contributed by atoms with van der Waals surface area (Å²) in [5, 5.41) is 7.56. The number of ether oxygens (including phenoxy) is 1. The minimum Gasteiger partial charge on any atom is -0.496 e. The molecule has 0 aliphatic carbocycles. The van der Waals surface area contributed by atoms with E-state index >= 15 is 0 Å². The number of benzene rings is 1. The van der Waals surface area contributed by atoms with Gasteiger partial charge in [0.1, 0.15) is 12.3 Å². The van der Waals surface area contributed by atoms with E-state index in [2.05, 4.69) is 16.3 Å². The first kappa shape index (κ1) is 17.7. The van der Waals surface area contributed by atoms with E-state index in [1.54, 1.807) is 48.1 Å². The first-order valence-corrected chi connectivity index (χ1v) is 7.67. The lowest BCUT2D eigenvalue weighted by atomic mass is 10.2. The lowest BCUT2D eigenvalue weighted by Gasteiger charge is -2.18. The van der Waals surface area contributed by atoms with Crippen molar-refractivity contribution in [2.45, 2.75) is 19.6 Å². The summed E-state index contributed by atoms with van der Waals surface area (Å²) in [5.74, 6) is 3.19. The standard InChI is InChI=1S/C17H19ClN4O2/c1-4-7-22-12-13(9-20-22)11-21(2)17(23)19-10-14-8-15(18)5-6-16(14)24-3/h1,5-6,8-9,12H,7,10-11H2,2-3H3,(H,19,23). The van der Waals surface area contributed by atoms with Crippen molar-refractivity contribution >= 4 is 17.6 Å². The van der Waals surface area contributed by atoms with E-state index in [-0.39, 0.29) is 6.03 Å². The van der Waals surface area contributed by atoms with Gasteiger partial charge in [0.2, 0.25) is 0 Å². The SMILES string of the molecule is C#CCn1cc(CN(C)C(=O)NCc2cc(Cl)ccc2OC)cn1. The van der Waals surface area contributed by atoms with Crippen molar-refractivity contribution in [2.75, 3.05) is 14.2 Å². The lowest BCUT2D eigenvalue weighted by Crippen LogP contribution is -2.36. The fraction of sp³-hybridized carbons (Fsp3) is 0.294. The molecule has 0 atom stereocenters. The largest absolute Gasteiger partial charge is 0.496 e. The van der Waals surface area contributed by atoms with Gasteiger partial charge in [0, 0.05) is 35.9 Å². The Morgan fingerprint density at radius 2 is 2.33 bits per heavy atom. The van der Waals surface area contributed by atoms with E-state index in [1.807, 2.05) is 6.20 Å². The topological polar surface area (TPSA) is 59.4 Å². The van der Waals surface area contributed by atoms with E-state index in [1.165, 1.54) is 0 Å². The van der Waals surface area contributed by atoms with E-state index in [9.17, 15) is 4.79 Å². The highest BCUT2D eigenvalue weighted by molar-refractivity contribution is 6.30. The van der Waals surface area contributed by atoms with Gasteiger partial charge in [-0.05, 0) is 18.2 Å². The normalized spacial score (nSPS) is 10.1. The molecule has 0 saturated heterocycles. The average molecular weight is 347 g/mol. The van der Waals surface area contributed by atoms with E-state index in [0.29, 0.717) is 30.4 Å². The van der Waals surface area contributed by atoms with Gasteiger partial charge in [-0.3, -0.25) is 4.68 Å². The van der Waals surface area contributed by atoms with Gasteiger partial charge in [0.05, 0.1) is 19.9 Å². The van der Waals surface area contributed by atoms with E-state index < -0.39 is 0 Å². The van der Waals surface area contributed by atoms with Crippen molar-refractivity contribution in [2.24, 2.45) is 0 Å². The number of aromatic nitrogens is 2. The summed E-state index contributed by atoms with van der Waals surface area (Å²) in [6.45, 7) is 1.16. The third-order valence-electron chi connectivity index (χ3n) is 3.38. The van der Waals surface area contributed by atoms with Crippen LogP contribution in [0.25, 0.3) is 0 Å². The first-order valence-electron chi connectivity index (χ1n) is 7.29. The lowest BCUT2D eigenvalue weighted by molar-refractivity contribution is 0.206. The van der Waals surface area contributed by atoms with Crippen molar-refractivity contribution in [3.8, 4) is 18.1 Å². The number of halogens is 1. The van der Waals surface area contributed by atoms with Gasteiger partial charge in [0.25, 0.3) is 0 Å². The number of rotatable bonds is 6. The highest BCUT2D eigenvalue weighted by atomic mass is 35.5. The van der Waals surface area contributed by atoms with Crippen LogP contribution in [0.4, 0.5) is 4.79 Å². The summed E-state index contributed by atoms with van der Waals surface area (Å²) in [7, 11) is 3.29. The molecule has 126 valence electrons. The molecule has 24 heavy (non-hydrogen) atoms. The Balaban J connectivity index is 1.92. The Hall–Kier alpha value is -2.65. The van der Waals surface area contributed by atoms with Crippen LogP contribution in [0.2, 0.25) is 5.02 Å². The molecule has 1 aromatic carbocycles. The highest BCUT2D eigenvalue weighted by Gasteiger charge is 2.11. The highest BCUT2D eigenvalue weighted by Crippen LogP contribution is 2.22. The fourth-order valence-corrected chi connectivity index (χ4v) is 2.40. The van der Waals surface area contributed by atoms with Crippen molar-refractivity contribution < 1.29 is 9.53 Å². The third-order valence-corrected chi connectivity index (χ3v) is 3.61. The summed E-state index contributed by atoms with van der Waals surface area (Å²) < 4.78 is 6.91. The molecule has 2 rings (SSSR count). The van der Waals surface area contributed by atoms with Crippen molar-refractivity contribution in [3.63, 3.8) is 0 Å². The van der Waals surface area contributed by atoms with Crippen molar-refractivity contribution in [1.82, 2.24) is 20.0 Å². The zero-order valence-corrected chi connectivity index (χ0v) is 14.4. The predicted molar refractivity (Wildman–Crippen MR) is 92.8 cm³/mol. The number of carbonyl (C=O) groups excluding carboxylic acids is 1. The number of hydrogen-bond acceptors (Lipinski definition) is 3. The molecule has 2 aromatic rings. The van der Waals surface area contributed by atoms with Crippen LogP contribution in [0.1, 0.15) is 11.1 Å². The number of nitrogens with zero attached hydrogens (tertiary/aromatic N) is 3. The minimum atomic E-state index is -0.207. The predicted octanol–water partition coefficient (Wildman–Crippen LogP) is 2.52. The van der Waals surface area contributed by atoms with Crippen LogP contribution in [0.15, 0.2) is 30.6 Å².